The number of hydrogen-bond acceptors (Lipinski definition) is 5. The number of nitrogens with two attached hydrogens (primary N) is 1. The van der Waals surface area contributed by atoms with E-state index in [1.807, 2.05) is 6.92 Å². The number of halogens is 3. The molecule has 8 heteroatoms. The summed E-state index contributed by atoms with van der Waals surface area (Å²) in [6.45, 7) is 2.85. The Morgan fingerprint density at radius 1 is 1.47 bits per heavy atom. The minimum absolute atomic E-state index is 0.169. The molecule has 0 fully saturated rings. The van der Waals surface area contributed by atoms with Gasteiger partial charge in [0, 0.05) is 6.54 Å². The molecule has 1 aromatic rings. The molecule has 0 aliphatic carbocycles. The smallest absolute Gasteiger partial charge is 0.360 e. The van der Waals surface area contributed by atoms with Crippen molar-refractivity contribution in [2.75, 3.05) is 18.4 Å². The van der Waals surface area contributed by atoms with Gasteiger partial charge in [-0.2, -0.15) is 13.2 Å². The maximum atomic E-state index is 12.1. The number of aromatic nitrogens is 2. The van der Waals surface area contributed by atoms with Crippen molar-refractivity contribution in [2.24, 2.45) is 11.7 Å². The molecular formula is C7H11F3N4S. The third kappa shape index (κ3) is 3.63. The van der Waals surface area contributed by atoms with E-state index >= 15 is 0 Å². The SMILES string of the molecule is CC(CN)CNc1nnc(C(F)(F)F)s1. The van der Waals surface area contributed by atoms with Crippen molar-refractivity contribution in [1.29, 1.82) is 0 Å². The lowest BCUT2D eigenvalue weighted by atomic mass is 10.2. The Balaban J connectivity index is 2.54. The van der Waals surface area contributed by atoms with Crippen LogP contribution in [0.15, 0.2) is 0 Å². The van der Waals surface area contributed by atoms with Crippen LogP contribution >= 0.6 is 11.3 Å². The number of nitrogens with zero attached hydrogens (tertiary/aromatic N) is 2. The summed E-state index contributed by atoms with van der Waals surface area (Å²) in [5.41, 5.74) is 5.36. The van der Waals surface area contributed by atoms with Crippen molar-refractivity contribution in [2.45, 2.75) is 13.1 Å². The molecule has 0 aliphatic heterocycles. The number of alkyl halides is 3. The van der Waals surface area contributed by atoms with Crippen molar-refractivity contribution in [3.8, 4) is 0 Å². The zero-order valence-electron chi connectivity index (χ0n) is 8.01. The van der Waals surface area contributed by atoms with Crippen molar-refractivity contribution in [1.82, 2.24) is 10.2 Å². The quantitative estimate of drug-likeness (QED) is 0.838. The van der Waals surface area contributed by atoms with E-state index in [0.29, 0.717) is 24.4 Å². The molecule has 15 heavy (non-hydrogen) atoms. The number of hydrogen-bond donors (Lipinski definition) is 2. The van der Waals surface area contributed by atoms with Gasteiger partial charge in [0.1, 0.15) is 0 Å². The molecule has 1 atom stereocenters. The summed E-state index contributed by atoms with van der Waals surface area (Å²) in [4.78, 5) is 0. The first-order valence-electron chi connectivity index (χ1n) is 4.28. The van der Waals surface area contributed by atoms with E-state index in [1.165, 1.54) is 0 Å². The lowest BCUT2D eigenvalue weighted by Gasteiger charge is -2.07. The molecule has 0 amide bonds. The molecule has 1 rings (SSSR count). The first-order chi connectivity index (χ1) is 6.93. The summed E-state index contributed by atoms with van der Waals surface area (Å²) in [6.07, 6.45) is -4.42. The minimum atomic E-state index is -4.42. The second kappa shape index (κ2) is 4.75. The van der Waals surface area contributed by atoms with E-state index in [9.17, 15) is 13.2 Å². The second-order valence-corrected chi connectivity index (χ2v) is 4.11. The zero-order valence-corrected chi connectivity index (χ0v) is 8.82. The predicted octanol–water partition coefficient (Wildman–Crippen LogP) is 1.56. The Morgan fingerprint density at radius 3 is 2.60 bits per heavy atom. The van der Waals surface area contributed by atoms with Crippen LogP contribution in [0.1, 0.15) is 11.9 Å². The summed E-state index contributed by atoms with van der Waals surface area (Å²) >= 11 is 0.493. The Bertz CT molecular complexity index is 311. The third-order valence-electron chi connectivity index (χ3n) is 1.67. The Morgan fingerprint density at radius 2 is 2.13 bits per heavy atom. The number of rotatable bonds is 4. The van der Waals surface area contributed by atoms with E-state index in [2.05, 4.69) is 15.5 Å². The highest BCUT2D eigenvalue weighted by Crippen LogP contribution is 2.32. The molecule has 0 aromatic carbocycles. The van der Waals surface area contributed by atoms with Crippen molar-refractivity contribution >= 4 is 16.5 Å². The molecule has 1 unspecified atom stereocenters. The first-order valence-corrected chi connectivity index (χ1v) is 5.09. The predicted molar refractivity (Wildman–Crippen MR) is 51.6 cm³/mol. The van der Waals surface area contributed by atoms with Crippen LogP contribution in [0.25, 0.3) is 0 Å². The van der Waals surface area contributed by atoms with Crippen LogP contribution in [0.2, 0.25) is 0 Å². The number of anilines is 1. The van der Waals surface area contributed by atoms with Crippen LogP contribution in [0.3, 0.4) is 0 Å². The van der Waals surface area contributed by atoms with Gasteiger partial charge >= 0.3 is 6.18 Å². The Labute approximate surface area is 88.7 Å². The molecular weight excluding hydrogens is 229 g/mol. The van der Waals surface area contributed by atoms with Gasteiger partial charge in [-0.15, -0.1) is 10.2 Å². The average molecular weight is 240 g/mol. The van der Waals surface area contributed by atoms with Crippen LogP contribution in [-0.2, 0) is 6.18 Å². The average Bonchev–Trinajstić information content (AvgIpc) is 2.61. The van der Waals surface area contributed by atoms with Crippen LogP contribution in [0, 0.1) is 5.92 Å². The fraction of sp³-hybridized carbons (Fsp3) is 0.714. The highest BCUT2D eigenvalue weighted by molar-refractivity contribution is 7.15. The molecule has 0 aliphatic rings. The topological polar surface area (TPSA) is 63.8 Å². The van der Waals surface area contributed by atoms with Crippen molar-refractivity contribution in [3.63, 3.8) is 0 Å². The largest absolute Gasteiger partial charge is 0.445 e. The van der Waals surface area contributed by atoms with Gasteiger partial charge in [0.05, 0.1) is 0 Å². The fourth-order valence-electron chi connectivity index (χ4n) is 0.754. The van der Waals surface area contributed by atoms with Gasteiger partial charge in [-0.1, -0.05) is 18.3 Å². The molecule has 86 valence electrons. The molecule has 1 heterocycles. The van der Waals surface area contributed by atoms with Gasteiger partial charge in [-0.25, -0.2) is 0 Å². The fourth-order valence-corrected chi connectivity index (χ4v) is 1.37. The summed E-state index contributed by atoms with van der Waals surface area (Å²) in [6, 6.07) is 0. The molecule has 0 spiro atoms. The summed E-state index contributed by atoms with van der Waals surface area (Å²) in [7, 11) is 0. The summed E-state index contributed by atoms with van der Waals surface area (Å²) in [5.74, 6) is 0.184. The van der Waals surface area contributed by atoms with Crippen molar-refractivity contribution in [3.05, 3.63) is 5.01 Å². The van der Waals surface area contributed by atoms with Crippen LogP contribution in [0.4, 0.5) is 18.3 Å². The van der Waals surface area contributed by atoms with E-state index in [-0.39, 0.29) is 11.0 Å². The van der Waals surface area contributed by atoms with Gasteiger partial charge < -0.3 is 11.1 Å². The van der Waals surface area contributed by atoms with Gasteiger partial charge in [0.2, 0.25) is 10.1 Å². The van der Waals surface area contributed by atoms with Crippen LogP contribution in [-0.4, -0.2) is 23.3 Å². The highest BCUT2D eigenvalue weighted by Gasteiger charge is 2.35. The summed E-state index contributed by atoms with van der Waals surface area (Å²) in [5, 5.41) is 8.41. The van der Waals surface area contributed by atoms with Gasteiger partial charge in [0.15, 0.2) is 0 Å². The van der Waals surface area contributed by atoms with Gasteiger partial charge in [-0.05, 0) is 12.5 Å². The monoisotopic (exact) mass is 240 g/mol. The standard InChI is InChI=1S/C7H11F3N4S/c1-4(2-11)3-12-6-14-13-5(15-6)7(8,9)10/h4H,2-3,11H2,1H3,(H,12,14). The molecule has 1 aromatic heterocycles. The molecule has 0 bridgehead atoms. The van der Waals surface area contributed by atoms with Crippen LogP contribution < -0.4 is 11.1 Å². The van der Waals surface area contributed by atoms with Gasteiger partial charge in [0.25, 0.3) is 0 Å². The maximum absolute atomic E-state index is 12.1. The molecule has 4 nitrogen and oxygen atoms in total. The summed E-state index contributed by atoms with van der Waals surface area (Å²) < 4.78 is 36.4. The van der Waals surface area contributed by atoms with E-state index < -0.39 is 11.2 Å². The molecule has 0 radical (unpaired) electrons. The molecule has 3 N–H and O–H groups in total. The van der Waals surface area contributed by atoms with Gasteiger partial charge in [-0.3, -0.25) is 0 Å². The minimum Gasteiger partial charge on any atom is -0.360 e. The normalized spacial score (nSPS) is 13.9. The van der Waals surface area contributed by atoms with E-state index in [0.717, 1.165) is 0 Å². The van der Waals surface area contributed by atoms with Crippen molar-refractivity contribution < 1.29 is 13.2 Å². The molecule has 0 saturated heterocycles. The van der Waals surface area contributed by atoms with Crippen LogP contribution in [0.5, 0.6) is 0 Å². The van der Waals surface area contributed by atoms with E-state index in [4.69, 9.17) is 5.73 Å². The first kappa shape index (κ1) is 12.2. The highest BCUT2D eigenvalue weighted by atomic mass is 32.1. The lowest BCUT2D eigenvalue weighted by molar-refractivity contribution is -0.138. The van der Waals surface area contributed by atoms with E-state index in [1.54, 1.807) is 0 Å². The number of nitrogens with one attached hydrogen (secondary N) is 1. The Kier molecular flexibility index (Phi) is 3.86. The maximum Gasteiger partial charge on any atom is 0.445 e. The second-order valence-electron chi connectivity index (χ2n) is 3.13. The third-order valence-corrected chi connectivity index (χ3v) is 2.60. The Hall–Kier alpha value is -0.890. The lowest BCUT2D eigenvalue weighted by Crippen LogP contribution is -2.19. The molecule has 0 saturated carbocycles. The zero-order chi connectivity index (χ0) is 11.5.